The monoisotopic (exact) mass is 181 g/mol. The van der Waals surface area contributed by atoms with Crippen molar-refractivity contribution in [3.05, 3.63) is 11.3 Å². The van der Waals surface area contributed by atoms with Crippen LogP contribution in [-0.4, -0.2) is 17.0 Å². The van der Waals surface area contributed by atoms with Crippen LogP contribution in [0.4, 0.5) is 0 Å². The van der Waals surface area contributed by atoms with Crippen LogP contribution in [0.1, 0.15) is 25.7 Å². The zero-order valence-corrected chi connectivity index (χ0v) is 7.17. The molecule has 1 unspecified atom stereocenters. The predicted octanol–water partition coefficient (Wildman–Crippen LogP) is 0.645. The van der Waals surface area contributed by atoms with Crippen molar-refractivity contribution in [1.29, 1.82) is 0 Å². The summed E-state index contributed by atoms with van der Waals surface area (Å²) in [7, 11) is 0. The molecule has 2 N–H and O–H groups in total. The Labute approximate surface area is 75.6 Å². The number of carbonyl (C=O) groups excluding carboxylic acids is 1. The average Bonchev–Trinajstić information content (AvgIpc) is 2.51. The molecule has 0 aromatic rings. The summed E-state index contributed by atoms with van der Waals surface area (Å²) in [6.45, 7) is 0. The summed E-state index contributed by atoms with van der Waals surface area (Å²) in [6, 6.07) is 0. The molecule has 0 bridgehead atoms. The van der Waals surface area contributed by atoms with E-state index in [1.165, 1.54) is 0 Å². The first-order valence-corrected chi connectivity index (χ1v) is 4.40. The number of hydrogen-bond donors (Lipinski definition) is 2. The molecule has 0 saturated carbocycles. The quantitative estimate of drug-likeness (QED) is 0.657. The summed E-state index contributed by atoms with van der Waals surface area (Å²) in [6.07, 6.45) is 2.37. The van der Waals surface area contributed by atoms with Crippen LogP contribution in [0.3, 0.4) is 0 Å². The molecular weight excluding hydrogens is 170 g/mol. The molecule has 0 radical (unpaired) electrons. The normalized spacial score (nSPS) is 26.2. The Hall–Kier alpha value is -1.32. The van der Waals surface area contributed by atoms with E-state index in [1.807, 2.05) is 0 Å². The van der Waals surface area contributed by atoms with E-state index in [0.29, 0.717) is 6.42 Å². The number of carboxylic acid groups (broad SMARTS) is 1. The Balaban J connectivity index is 2.18. The van der Waals surface area contributed by atoms with Gasteiger partial charge in [0.1, 0.15) is 0 Å². The fraction of sp³-hybridized carbons (Fsp3) is 0.556. The maximum absolute atomic E-state index is 11.0. The van der Waals surface area contributed by atoms with Gasteiger partial charge in [0.05, 0.1) is 6.42 Å². The minimum Gasteiger partial charge on any atom is -0.481 e. The van der Waals surface area contributed by atoms with E-state index in [0.717, 1.165) is 24.1 Å². The molecule has 2 rings (SSSR count). The smallest absolute Gasteiger partial charge is 0.307 e. The highest BCUT2D eigenvalue weighted by molar-refractivity contribution is 5.83. The molecule has 0 aromatic heterocycles. The van der Waals surface area contributed by atoms with Gasteiger partial charge in [0.25, 0.3) is 0 Å². The molecule has 4 heteroatoms. The van der Waals surface area contributed by atoms with Crippen molar-refractivity contribution in [1.82, 2.24) is 5.32 Å². The molecule has 1 fully saturated rings. The van der Waals surface area contributed by atoms with Crippen molar-refractivity contribution >= 4 is 11.9 Å². The lowest BCUT2D eigenvalue weighted by Gasteiger charge is -2.01. The SMILES string of the molecule is O=C(O)CC1=C2NC(=O)CC2CC1. The van der Waals surface area contributed by atoms with Crippen LogP contribution >= 0.6 is 0 Å². The Morgan fingerprint density at radius 3 is 3.08 bits per heavy atom. The molecule has 13 heavy (non-hydrogen) atoms. The maximum Gasteiger partial charge on any atom is 0.307 e. The highest BCUT2D eigenvalue weighted by Crippen LogP contribution is 2.37. The van der Waals surface area contributed by atoms with Gasteiger partial charge in [-0.3, -0.25) is 9.59 Å². The summed E-state index contributed by atoms with van der Waals surface area (Å²) in [4.78, 5) is 21.5. The molecule has 1 saturated heterocycles. The van der Waals surface area contributed by atoms with E-state index in [1.54, 1.807) is 0 Å². The molecule has 4 nitrogen and oxygen atoms in total. The number of allylic oxidation sites excluding steroid dienone is 1. The maximum atomic E-state index is 11.0. The van der Waals surface area contributed by atoms with Crippen molar-refractivity contribution in [2.45, 2.75) is 25.7 Å². The highest BCUT2D eigenvalue weighted by atomic mass is 16.4. The number of aliphatic carboxylic acids is 1. The number of fused-ring (bicyclic) bond motifs is 1. The van der Waals surface area contributed by atoms with E-state index in [4.69, 9.17) is 5.11 Å². The van der Waals surface area contributed by atoms with E-state index in [-0.39, 0.29) is 18.2 Å². The predicted molar refractivity (Wildman–Crippen MR) is 44.8 cm³/mol. The van der Waals surface area contributed by atoms with Crippen LogP contribution in [-0.2, 0) is 9.59 Å². The van der Waals surface area contributed by atoms with E-state index < -0.39 is 5.97 Å². The van der Waals surface area contributed by atoms with E-state index in [9.17, 15) is 9.59 Å². The first kappa shape index (κ1) is 8.29. The first-order chi connectivity index (χ1) is 6.16. The second-order valence-corrected chi connectivity index (χ2v) is 3.58. The van der Waals surface area contributed by atoms with Gasteiger partial charge in [-0.1, -0.05) is 0 Å². The number of amides is 1. The fourth-order valence-corrected chi connectivity index (χ4v) is 2.10. The number of carbonyl (C=O) groups is 2. The third-order valence-corrected chi connectivity index (χ3v) is 2.65. The molecule has 0 spiro atoms. The molecule has 2 aliphatic rings. The number of carboxylic acids is 1. The Morgan fingerprint density at radius 2 is 2.38 bits per heavy atom. The van der Waals surface area contributed by atoms with Crippen LogP contribution in [0.2, 0.25) is 0 Å². The summed E-state index contributed by atoms with van der Waals surface area (Å²) < 4.78 is 0. The lowest BCUT2D eigenvalue weighted by molar-refractivity contribution is -0.136. The van der Waals surface area contributed by atoms with E-state index >= 15 is 0 Å². The molecule has 1 amide bonds. The van der Waals surface area contributed by atoms with Gasteiger partial charge in [-0.15, -0.1) is 0 Å². The summed E-state index contributed by atoms with van der Waals surface area (Å²) in [5.74, 6) is -0.506. The van der Waals surface area contributed by atoms with Crippen LogP contribution < -0.4 is 5.32 Å². The lowest BCUT2D eigenvalue weighted by atomic mass is 10.1. The molecular formula is C9H11NO3. The Morgan fingerprint density at radius 1 is 1.62 bits per heavy atom. The van der Waals surface area contributed by atoms with Gasteiger partial charge < -0.3 is 10.4 Å². The molecule has 1 atom stereocenters. The third-order valence-electron chi connectivity index (χ3n) is 2.65. The molecule has 1 aliphatic carbocycles. The van der Waals surface area contributed by atoms with Crippen molar-refractivity contribution in [3.63, 3.8) is 0 Å². The van der Waals surface area contributed by atoms with Gasteiger partial charge in [-0.2, -0.15) is 0 Å². The first-order valence-electron chi connectivity index (χ1n) is 4.40. The summed E-state index contributed by atoms with van der Waals surface area (Å²) in [5, 5.41) is 11.4. The number of rotatable bonds is 2. The molecule has 0 aromatic carbocycles. The minimum absolute atomic E-state index is 0.0302. The Bertz CT molecular complexity index is 306. The topological polar surface area (TPSA) is 66.4 Å². The lowest BCUT2D eigenvalue weighted by Crippen LogP contribution is -2.14. The van der Waals surface area contributed by atoms with Crippen LogP contribution in [0, 0.1) is 5.92 Å². The van der Waals surface area contributed by atoms with Gasteiger partial charge in [-0.25, -0.2) is 0 Å². The van der Waals surface area contributed by atoms with Crippen molar-refractivity contribution in [2.24, 2.45) is 5.92 Å². The van der Waals surface area contributed by atoms with Crippen molar-refractivity contribution < 1.29 is 14.7 Å². The number of hydrogen-bond acceptors (Lipinski definition) is 2. The van der Waals surface area contributed by atoms with Crippen LogP contribution in [0.15, 0.2) is 11.3 Å². The van der Waals surface area contributed by atoms with E-state index in [2.05, 4.69) is 5.32 Å². The number of nitrogens with one attached hydrogen (secondary N) is 1. The van der Waals surface area contributed by atoms with Gasteiger partial charge in [0.2, 0.25) is 5.91 Å². The van der Waals surface area contributed by atoms with Gasteiger partial charge >= 0.3 is 5.97 Å². The standard InChI is InChI=1S/C9H11NO3/c11-7-3-5-1-2-6(4-8(12)13)9(5)10-7/h5H,1-4H2,(H,10,11)(H,12,13). The molecule has 1 aliphatic heterocycles. The second kappa shape index (κ2) is 2.87. The third kappa shape index (κ3) is 1.43. The van der Waals surface area contributed by atoms with Gasteiger partial charge in [0.15, 0.2) is 0 Å². The molecule has 1 heterocycles. The largest absolute Gasteiger partial charge is 0.481 e. The minimum atomic E-state index is -0.815. The van der Waals surface area contributed by atoms with Gasteiger partial charge in [-0.05, 0) is 18.4 Å². The highest BCUT2D eigenvalue weighted by Gasteiger charge is 2.34. The average molecular weight is 181 g/mol. The van der Waals surface area contributed by atoms with Crippen molar-refractivity contribution in [3.8, 4) is 0 Å². The zero-order valence-electron chi connectivity index (χ0n) is 7.17. The summed E-state index contributed by atoms with van der Waals surface area (Å²) >= 11 is 0. The van der Waals surface area contributed by atoms with Crippen LogP contribution in [0.5, 0.6) is 0 Å². The van der Waals surface area contributed by atoms with Gasteiger partial charge in [0, 0.05) is 18.0 Å². The Kier molecular flexibility index (Phi) is 1.83. The second-order valence-electron chi connectivity index (χ2n) is 3.58. The van der Waals surface area contributed by atoms with Crippen molar-refractivity contribution in [2.75, 3.05) is 0 Å². The summed E-state index contributed by atoms with van der Waals surface area (Å²) in [5.41, 5.74) is 1.80. The fourth-order valence-electron chi connectivity index (χ4n) is 2.10. The molecule has 70 valence electrons. The zero-order chi connectivity index (χ0) is 9.42. The van der Waals surface area contributed by atoms with Crippen LogP contribution in [0.25, 0.3) is 0 Å².